The minimum absolute atomic E-state index is 0.0476. The van der Waals surface area contributed by atoms with Gasteiger partial charge in [0.2, 0.25) is 0 Å². The van der Waals surface area contributed by atoms with Crippen LogP contribution in [0, 0.1) is 0 Å². The van der Waals surface area contributed by atoms with E-state index in [2.05, 4.69) is 30.3 Å². The zero-order valence-corrected chi connectivity index (χ0v) is 16.7. The van der Waals surface area contributed by atoms with Crippen molar-refractivity contribution in [3.63, 3.8) is 0 Å². The zero-order valence-electron chi connectivity index (χ0n) is 16.7. The van der Waals surface area contributed by atoms with Gasteiger partial charge in [-0.1, -0.05) is 91.0 Å². The molecule has 4 aromatic carbocycles. The number of nitrogens with zero attached hydrogens (tertiary/aromatic N) is 2. The predicted molar refractivity (Wildman–Crippen MR) is 127 cm³/mol. The summed E-state index contributed by atoms with van der Waals surface area (Å²) >= 11 is 0. The summed E-state index contributed by atoms with van der Waals surface area (Å²) in [6.45, 7) is 0. The fraction of sp³-hybridized carbons (Fsp3) is 0. The van der Waals surface area contributed by atoms with E-state index >= 15 is 0 Å². The highest BCUT2D eigenvalue weighted by Gasteiger charge is 2.20. The van der Waals surface area contributed by atoms with Gasteiger partial charge < -0.3 is 0 Å². The molecule has 0 spiro atoms. The third kappa shape index (κ3) is 2.67. The van der Waals surface area contributed by atoms with E-state index in [1.165, 1.54) is 0 Å². The maximum Gasteiger partial charge on any atom is 0.266 e. The minimum atomic E-state index is -0.0476. The number of hydrogen-bond donors (Lipinski definition) is 0. The van der Waals surface area contributed by atoms with Crippen LogP contribution in [0.3, 0.4) is 0 Å². The first-order chi connectivity index (χ1) is 15.3. The molecular weight excluding hydrogens is 380 g/mol. The van der Waals surface area contributed by atoms with E-state index < -0.39 is 0 Å². The molecule has 0 aliphatic rings. The monoisotopic (exact) mass is 398 g/mol. The van der Waals surface area contributed by atoms with Gasteiger partial charge in [0.1, 0.15) is 5.65 Å². The molecule has 0 saturated heterocycles. The SMILES string of the molecule is O=c1c2ccccc2nc2c(-c3ccccc3)c(-c3ccccc3)c3ccccc3n12. The van der Waals surface area contributed by atoms with Crippen molar-refractivity contribution in [2.45, 2.75) is 0 Å². The average molecular weight is 398 g/mol. The number of hydrogen-bond acceptors (Lipinski definition) is 2. The lowest BCUT2D eigenvalue weighted by Crippen LogP contribution is -2.17. The topological polar surface area (TPSA) is 34.4 Å². The Kier molecular flexibility index (Phi) is 3.93. The van der Waals surface area contributed by atoms with Crippen LogP contribution in [0.4, 0.5) is 0 Å². The lowest BCUT2D eigenvalue weighted by atomic mass is 9.91. The van der Waals surface area contributed by atoms with Crippen molar-refractivity contribution in [3.05, 3.63) is 120 Å². The molecule has 0 amide bonds. The minimum Gasteiger partial charge on any atom is -0.268 e. The van der Waals surface area contributed by atoms with E-state index in [9.17, 15) is 4.79 Å². The van der Waals surface area contributed by atoms with Gasteiger partial charge in [0.15, 0.2) is 0 Å². The van der Waals surface area contributed by atoms with Crippen LogP contribution in [-0.4, -0.2) is 9.38 Å². The maximum atomic E-state index is 13.7. The van der Waals surface area contributed by atoms with Gasteiger partial charge in [0.25, 0.3) is 5.56 Å². The van der Waals surface area contributed by atoms with Crippen LogP contribution < -0.4 is 5.56 Å². The standard InChI is InChI=1S/C28H18N2O/c31-28-21-15-7-9-17-23(21)29-27-26(20-13-5-2-6-14-20)25(19-11-3-1-4-12-19)22-16-8-10-18-24(22)30(27)28/h1-18H. The van der Waals surface area contributed by atoms with Gasteiger partial charge in [-0.25, -0.2) is 4.98 Å². The quantitative estimate of drug-likeness (QED) is 0.252. The summed E-state index contributed by atoms with van der Waals surface area (Å²) in [5.74, 6) is 0. The van der Waals surface area contributed by atoms with Crippen molar-refractivity contribution in [3.8, 4) is 22.3 Å². The number of pyridine rings is 1. The number of aromatic nitrogens is 2. The summed E-state index contributed by atoms with van der Waals surface area (Å²) in [6, 6.07) is 36.2. The Morgan fingerprint density at radius 1 is 0.548 bits per heavy atom. The summed E-state index contributed by atoms with van der Waals surface area (Å²) in [5, 5.41) is 1.65. The zero-order chi connectivity index (χ0) is 20.8. The first-order valence-electron chi connectivity index (χ1n) is 10.3. The molecule has 31 heavy (non-hydrogen) atoms. The van der Waals surface area contributed by atoms with E-state index in [1.54, 1.807) is 4.40 Å². The lowest BCUT2D eigenvalue weighted by molar-refractivity contribution is 1.13. The highest BCUT2D eigenvalue weighted by Crippen LogP contribution is 2.40. The average Bonchev–Trinajstić information content (AvgIpc) is 2.84. The van der Waals surface area contributed by atoms with Crippen LogP contribution in [0.2, 0.25) is 0 Å². The lowest BCUT2D eigenvalue weighted by Gasteiger charge is -2.18. The normalized spacial score (nSPS) is 11.4. The van der Waals surface area contributed by atoms with Crippen LogP contribution in [0.15, 0.2) is 114 Å². The Hall–Kier alpha value is -4.24. The van der Waals surface area contributed by atoms with Gasteiger partial charge in [-0.15, -0.1) is 0 Å². The summed E-state index contributed by atoms with van der Waals surface area (Å²) in [7, 11) is 0. The Bertz CT molecular complexity index is 1640. The summed E-state index contributed by atoms with van der Waals surface area (Å²) < 4.78 is 1.77. The van der Waals surface area contributed by atoms with E-state index in [1.807, 2.05) is 78.9 Å². The molecule has 2 heterocycles. The Balaban J connectivity index is 1.95. The van der Waals surface area contributed by atoms with E-state index in [-0.39, 0.29) is 5.56 Å². The van der Waals surface area contributed by atoms with Crippen molar-refractivity contribution < 1.29 is 0 Å². The highest BCUT2D eigenvalue weighted by molar-refractivity contribution is 6.08. The van der Waals surface area contributed by atoms with Crippen LogP contribution in [-0.2, 0) is 0 Å². The molecule has 0 bridgehead atoms. The molecule has 0 atom stereocenters. The van der Waals surface area contributed by atoms with Gasteiger partial charge >= 0.3 is 0 Å². The van der Waals surface area contributed by atoms with Crippen molar-refractivity contribution in [2.24, 2.45) is 0 Å². The van der Waals surface area contributed by atoms with Crippen LogP contribution in [0.5, 0.6) is 0 Å². The summed E-state index contributed by atoms with van der Waals surface area (Å²) in [6.07, 6.45) is 0. The van der Waals surface area contributed by atoms with Gasteiger partial charge in [-0.3, -0.25) is 9.20 Å². The highest BCUT2D eigenvalue weighted by atomic mass is 16.1. The fourth-order valence-electron chi connectivity index (χ4n) is 4.43. The Morgan fingerprint density at radius 2 is 1.10 bits per heavy atom. The van der Waals surface area contributed by atoms with Crippen molar-refractivity contribution in [2.75, 3.05) is 0 Å². The third-order valence-corrected chi connectivity index (χ3v) is 5.79. The molecule has 0 fully saturated rings. The fourth-order valence-corrected chi connectivity index (χ4v) is 4.43. The second-order valence-electron chi connectivity index (χ2n) is 7.59. The first kappa shape index (κ1) is 17.6. The van der Waals surface area contributed by atoms with E-state index in [4.69, 9.17) is 4.98 Å². The molecule has 0 aliphatic heterocycles. The molecule has 0 unspecified atom stereocenters. The second-order valence-corrected chi connectivity index (χ2v) is 7.59. The van der Waals surface area contributed by atoms with E-state index in [0.29, 0.717) is 16.6 Å². The van der Waals surface area contributed by atoms with Crippen molar-refractivity contribution in [1.82, 2.24) is 9.38 Å². The first-order valence-corrected chi connectivity index (χ1v) is 10.3. The molecule has 6 aromatic rings. The molecule has 2 aromatic heterocycles. The molecule has 0 radical (unpaired) electrons. The van der Waals surface area contributed by atoms with Crippen molar-refractivity contribution in [1.29, 1.82) is 0 Å². The molecule has 0 aliphatic carbocycles. The molecule has 0 N–H and O–H groups in total. The Labute approximate surface area is 178 Å². The Morgan fingerprint density at radius 3 is 1.81 bits per heavy atom. The van der Waals surface area contributed by atoms with E-state index in [0.717, 1.165) is 33.2 Å². The molecule has 3 heteroatoms. The number of fused-ring (bicyclic) bond motifs is 4. The molecular formula is C28H18N2O. The number of rotatable bonds is 2. The van der Waals surface area contributed by atoms with Crippen LogP contribution in [0.25, 0.3) is 49.7 Å². The largest absolute Gasteiger partial charge is 0.268 e. The second kappa shape index (κ2) is 6.92. The van der Waals surface area contributed by atoms with Crippen molar-refractivity contribution >= 4 is 27.5 Å². The van der Waals surface area contributed by atoms with Gasteiger partial charge in [0, 0.05) is 16.5 Å². The van der Waals surface area contributed by atoms with Gasteiger partial charge in [0.05, 0.1) is 16.4 Å². The smallest absolute Gasteiger partial charge is 0.266 e. The third-order valence-electron chi connectivity index (χ3n) is 5.79. The summed E-state index contributed by atoms with van der Waals surface area (Å²) in [5.41, 5.74) is 6.38. The molecule has 0 saturated carbocycles. The maximum absolute atomic E-state index is 13.7. The molecule has 146 valence electrons. The van der Waals surface area contributed by atoms with Gasteiger partial charge in [-0.2, -0.15) is 0 Å². The van der Waals surface area contributed by atoms with Gasteiger partial charge in [-0.05, 0) is 29.3 Å². The molecule has 3 nitrogen and oxygen atoms in total. The summed E-state index contributed by atoms with van der Waals surface area (Å²) in [4.78, 5) is 18.7. The van der Waals surface area contributed by atoms with Crippen LogP contribution >= 0.6 is 0 Å². The predicted octanol–water partition coefficient (Wildman–Crippen LogP) is 6.33. The number of para-hydroxylation sites is 2. The van der Waals surface area contributed by atoms with Crippen LogP contribution in [0.1, 0.15) is 0 Å². The molecule has 6 rings (SSSR count). The number of benzene rings is 4.